The molecule has 0 aliphatic heterocycles. The van der Waals surface area contributed by atoms with Gasteiger partial charge in [-0.25, -0.2) is 0 Å². The van der Waals surface area contributed by atoms with Gasteiger partial charge in [-0.15, -0.1) is 0 Å². The van der Waals surface area contributed by atoms with Crippen molar-refractivity contribution in [3.63, 3.8) is 0 Å². The third kappa shape index (κ3) is 5.09. The monoisotopic (exact) mass is 265 g/mol. The normalized spacial score (nSPS) is 13.6. The molecule has 0 saturated heterocycles. The van der Waals surface area contributed by atoms with Gasteiger partial charge in [-0.2, -0.15) is 0 Å². The van der Waals surface area contributed by atoms with Gasteiger partial charge in [-0.3, -0.25) is 9.59 Å². The predicted octanol–water partition coefficient (Wildman–Crippen LogP) is 1.40. The second-order valence-electron chi connectivity index (χ2n) is 4.33. The van der Waals surface area contributed by atoms with E-state index in [4.69, 9.17) is 9.84 Å². The maximum absolute atomic E-state index is 11.9. The first-order chi connectivity index (χ1) is 9.04. The summed E-state index contributed by atoms with van der Waals surface area (Å²) in [6, 6.07) is 9.41. The van der Waals surface area contributed by atoms with E-state index in [2.05, 4.69) is 5.32 Å². The van der Waals surface area contributed by atoms with Crippen LogP contribution in [-0.2, 0) is 14.3 Å². The van der Waals surface area contributed by atoms with Crippen molar-refractivity contribution >= 4 is 11.9 Å². The number of amides is 1. The lowest BCUT2D eigenvalue weighted by Crippen LogP contribution is -2.36. The number of benzene rings is 1. The predicted molar refractivity (Wildman–Crippen MR) is 70.9 cm³/mol. The van der Waals surface area contributed by atoms with E-state index in [1.165, 1.54) is 7.11 Å². The smallest absolute Gasteiger partial charge is 0.306 e. The first kappa shape index (κ1) is 15.2. The van der Waals surface area contributed by atoms with Gasteiger partial charge in [0.05, 0.1) is 18.4 Å². The van der Waals surface area contributed by atoms with E-state index in [1.54, 1.807) is 0 Å². The van der Waals surface area contributed by atoms with Crippen LogP contribution in [0.15, 0.2) is 30.3 Å². The fraction of sp³-hybridized carbons (Fsp3) is 0.429. The van der Waals surface area contributed by atoms with Gasteiger partial charge in [0.2, 0.25) is 5.91 Å². The molecule has 19 heavy (non-hydrogen) atoms. The number of carbonyl (C=O) groups is 2. The van der Waals surface area contributed by atoms with Crippen molar-refractivity contribution in [2.24, 2.45) is 0 Å². The Morgan fingerprint density at radius 2 is 1.95 bits per heavy atom. The first-order valence-electron chi connectivity index (χ1n) is 6.11. The molecule has 1 aromatic carbocycles. The maximum Gasteiger partial charge on any atom is 0.306 e. The number of rotatable bonds is 7. The molecule has 0 bridgehead atoms. The van der Waals surface area contributed by atoms with Gasteiger partial charge in [-0.05, 0) is 12.5 Å². The molecule has 1 aromatic rings. The van der Waals surface area contributed by atoms with Crippen LogP contribution < -0.4 is 5.32 Å². The lowest BCUT2D eigenvalue weighted by molar-refractivity contribution is -0.140. The van der Waals surface area contributed by atoms with Crippen LogP contribution in [0.1, 0.15) is 24.8 Å². The van der Waals surface area contributed by atoms with E-state index in [-0.39, 0.29) is 24.8 Å². The molecule has 104 valence electrons. The Labute approximate surface area is 112 Å². The third-order valence-electron chi connectivity index (χ3n) is 2.93. The average molecular weight is 265 g/mol. The molecule has 0 radical (unpaired) electrons. The highest BCUT2D eigenvalue weighted by Crippen LogP contribution is 2.14. The summed E-state index contributed by atoms with van der Waals surface area (Å²) in [5, 5.41) is 11.4. The Hall–Kier alpha value is -1.88. The zero-order chi connectivity index (χ0) is 14.3. The molecule has 2 unspecified atom stereocenters. The van der Waals surface area contributed by atoms with Crippen LogP contribution in [0.3, 0.4) is 0 Å². The summed E-state index contributed by atoms with van der Waals surface area (Å²) >= 11 is 0. The highest BCUT2D eigenvalue weighted by atomic mass is 16.5. The van der Waals surface area contributed by atoms with Crippen LogP contribution in [-0.4, -0.2) is 36.7 Å². The Kier molecular flexibility index (Phi) is 6.02. The molecular formula is C14H19NO4. The molecule has 5 nitrogen and oxygen atoms in total. The third-order valence-corrected chi connectivity index (χ3v) is 2.93. The summed E-state index contributed by atoms with van der Waals surface area (Å²) in [4.78, 5) is 22.5. The van der Waals surface area contributed by atoms with Crippen molar-refractivity contribution in [2.75, 3.05) is 13.7 Å². The number of carboxylic acid groups (broad SMARTS) is 1. The van der Waals surface area contributed by atoms with Gasteiger partial charge in [0.15, 0.2) is 0 Å². The SMILES string of the molecule is COC(CNC(=O)C(C)c1ccccc1)CC(=O)O. The number of carboxylic acids is 1. The highest BCUT2D eigenvalue weighted by Gasteiger charge is 2.17. The standard InChI is InChI=1S/C14H19NO4/c1-10(11-6-4-3-5-7-11)14(18)15-9-12(19-2)8-13(16)17/h3-7,10,12H,8-9H2,1-2H3,(H,15,18)(H,16,17). The van der Waals surface area contributed by atoms with Gasteiger partial charge < -0.3 is 15.2 Å². The van der Waals surface area contributed by atoms with Crippen LogP contribution in [0.4, 0.5) is 0 Å². The van der Waals surface area contributed by atoms with Crippen LogP contribution in [0.25, 0.3) is 0 Å². The molecule has 0 fully saturated rings. The van der Waals surface area contributed by atoms with Crippen molar-refractivity contribution in [3.8, 4) is 0 Å². The van der Waals surface area contributed by atoms with Crippen LogP contribution in [0, 0.1) is 0 Å². The van der Waals surface area contributed by atoms with Crippen molar-refractivity contribution in [1.29, 1.82) is 0 Å². The van der Waals surface area contributed by atoms with Crippen LogP contribution >= 0.6 is 0 Å². The maximum atomic E-state index is 11.9. The Morgan fingerprint density at radius 1 is 1.32 bits per heavy atom. The van der Waals surface area contributed by atoms with E-state index >= 15 is 0 Å². The number of carbonyl (C=O) groups excluding carboxylic acids is 1. The fourth-order valence-corrected chi connectivity index (χ4v) is 1.69. The van der Waals surface area contributed by atoms with E-state index in [0.29, 0.717) is 0 Å². The molecule has 5 heteroatoms. The van der Waals surface area contributed by atoms with Gasteiger partial charge in [0, 0.05) is 13.7 Å². The van der Waals surface area contributed by atoms with Crippen molar-refractivity contribution in [1.82, 2.24) is 5.32 Å². The molecule has 0 heterocycles. The summed E-state index contributed by atoms with van der Waals surface area (Å²) in [7, 11) is 1.43. The van der Waals surface area contributed by atoms with Crippen LogP contribution in [0.5, 0.6) is 0 Å². The molecule has 0 aromatic heterocycles. The van der Waals surface area contributed by atoms with E-state index in [1.807, 2.05) is 37.3 Å². The summed E-state index contributed by atoms with van der Waals surface area (Å²) in [6.07, 6.45) is -0.638. The summed E-state index contributed by atoms with van der Waals surface area (Å²) in [5.41, 5.74) is 0.923. The molecule has 0 spiro atoms. The lowest BCUT2D eigenvalue weighted by atomic mass is 10.0. The zero-order valence-electron chi connectivity index (χ0n) is 11.1. The van der Waals surface area contributed by atoms with Gasteiger partial charge in [-0.1, -0.05) is 30.3 Å². The number of ether oxygens (including phenoxy) is 1. The molecule has 2 atom stereocenters. The second-order valence-corrected chi connectivity index (χ2v) is 4.33. The van der Waals surface area contributed by atoms with Crippen molar-refractivity contribution < 1.29 is 19.4 Å². The number of methoxy groups -OCH3 is 1. The molecular weight excluding hydrogens is 246 g/mol. The Morgan fingerprint density at radius 3 is 2.47 bits per heavy atom. The molecule has 2 N–H and O–H groups in total. The fourth-order valence-electron chi connectivity index (χ4n) is 1.69. The molecule has 0 aliphatic rings. The van der Waals surface area contributed by atoms with Gasteiger partial charge in [0.1, 0.15) is 0 Å². The largest absolute Gasteiger partial charge is 0.481 e. The Bertz CT molecular complexity index is 419. The zero-order valence-corrected chi connectivity index (χ0v) is 11.1. The average Bonchev–Trinajstić information content (AvgIpc) is 2.42. The molecule has 0 saturated carbocycles. The first-order valence-corrected chi connectivity index (χ1v) is 6.11. The van der Waals surface area contributed by atoms with Gasteiger partial charge >= 0.3 is 5.97 Å². The summed E-state index contributed by atoms with van der Waals surface area (Å²) in [5.74, 6) is -1.36. The number of nitrogens with one attached hydrogen (secondary N) is 1. The second kappa shape index (κ2) is 7.53. The number of aliphatic carboxylic acids is 1. The highest BCUT2D eigenvalue weighted by molar-refractivity contribution is 5.83. The minimum atomic E-state index is -0.947. The molecule has 1 amide bonds. The Balaban J connectivity index is 2.48. The number of hydrogen-bond acceptors (Lipinski definition) is 3. The van der Waals surface area contributed by atoms with Crippen molar-refractivity contribution in [3.05, 3.63) is 35.9 Å². The molecule has 1 rings (SSSR count). The minimum absolute atomic E-state index is 0.128. The quantitative estimate of drug-likeness (QED) is 0.781. The number of hydrogen-bond donors (Lipinski definition) is 2. The lowest BCUT2D eigenvalue weighted by Gasteiger charge is -2.17. The van der Waals surface area contributed by atoms with Crippen molar-refractivity contribution in [2.45, 2.75) is 25.4 Å². The van der Waals surface area contributed by atoms with E-state index in [9.17, 15) is 9.59 Å². The minimum Gasteiger partial charge on any atom is -0.481 e. The van der Waals surface area contributed by atoms with Gasteiger partial charge in [0.25, 0.3) is 0 Å². The topological polar surface area (TPSA) is 75.6 Å². The van der Waals surface area contributed by atoms with E-state index in [0.717, 1.165) is 5.56 Å². The van der Waals surface area contributed by atoms with E-state index < -0.39 is 12.1 Å². The summed E-state index contributed by atoms with van der Waals surface area (Å²) in [6.45, 7) is 2.00. The summed E-state index contributed by atoms with van der Waals surface area (Å²) < 4.78 is 5.00. The van der Waals surface area contributed by atoms with Crippen LogP contribution in [0.2, 0.25) is 0 Å². The molecule has 0 aliphatic carbocycles.